The van der Waals surface area contributed by atoms with Crippen LogP contribution in [0.5, 0.6) is 0 Å². The Hall–Kier alpha value is -0.430. The summed E-state index contributed by atoms with van der Waals surface area (Å²) < 4.78 is 15.9. The van der Waals surface area contributed by atoms with Crippen molar-refractivity contribution in [3.05, 3.63) is 16.5 Å². The first-order chi connectivity index (χ1) is 7.81. The largest absolute Gasteiger partial charge is 0.272 e. The summed E-state index contributed by atoms with van der Waals surface area (Å²) in [7, 11) is -3.13. The molecule has 1 amide bonds. The quantitative estimate of drug-likeness (QED) is 0.927. The molecule has 17 heavy (non-hydrogen) atoms. The number of thiophene rings is 1. The summed E-state index contributed by atoms with van der Waals surface area (Å²) in [6, 6.07) is 1.48. The predicted molar refractivity (Wildman–Crippen MR) is 71.4 cm³/mol. The van der Waals surface area contributed by atoms with Gasteiger partial charge in [-0.3, -0.25) is 4.79 Å². The minimum Gasteiger partial charge on any atom is -0.272 e. The maximum absolute atomic E-state index is 12.0. The van der Waals surface area contributed by atoms with Gasteiger partial charge in [0.1, 0.15) is 4.21 Å². The molecular formula is C10H15ClN2O2S2. The van der Waals surface area contributed by atoms with Crippen LogP contribution in [0.4, 0.5) is 0 Å². The number of carbonyl (C=O) groups is 1. The highest BCUT2D eigenvalue weighted by Gasteiger charge is 2.12. The molecular weight excluding hydrogens is 280 g/mol. The van der Waals surface area contributed by atoms with Gasteiger partial charge in [0, 0.05) is 11.8 Å². The number of amides is 1. The van der Waals surface area contributed by atoms with Crippen molar-refractivity contribution in [3.63, 3.8) is 0 Å². The van der Waals surface area contributed by atoms with Crippen LogP contribution in [-0.2, 0) is 14.7 Å². The molecule has 0 aliphatic rings. The smallest absolute Gasteiger partial charge is 0.255 e. The van der Waals surface area contributed by atoms with Crippen LogP contribution in [0.25, 0.3) is 0 Å². The maximum Gasteiger partial charge on any atom is 0.255 e. The zero-order chi connectivity index (χ0) is 13.1. The summed E-state index contributed by atoms with van der Waals surface area (Å²) in [6.45, 7) is 4.01. The van der Waals surface area contributed by atoms with Crippen molar-refractivity contribution in [3.8, 4) is 0 Å². The molecule has 0 aliphatic carbocycles. The predicted octanol–water partition coefficient (Wildman–Crippen LogP) is 3.06. The Morgan fingerprint density at radius 2 is 2.29 bits per heavy atom. The number of hydrogen-bond acceptors (Lipinski definition) is 3. The van der Waals surface area contributed by atoms with E-state index in [1.807, 2.05) is 13.8 Å². The summed E-state index contributed by atoms with van der Waals surface area (Å²) in [5, 5.41) is 7.61. The third kappa shape index (κ3) is 4.75. The van der Waals surface area contributed by atoms with E-state index >= 15 is 0 Å². The lowest BCUT2D eigenvalue weighted by Gasteiger charge is -2.02. The van der Waals surface area contributed by atoms with Gasteiger partial charge >= 0.3 is 0 Å². The Kier molecular flexibility index (Phi) is 5.12. The second-order valence-electron chi connectivity index (χ2n) is 4.07. The topological polar surface area (TPSA) is 72.5 Å². The van der Waals surface area contributed by atoms with E-state index in [2.05, 4.69) is 4.36 Å². The van der Waals surface area contributed by atoms with Gasteiger partial charge in [-0.2, -0.15) is 0 Å². The molecule has 1 aromatic heterocycles. The van der Waals surface area contributed by atoms with Crippen molar-refractivity contribution in [1.82, 2.24) is 0 Å². The van der Waals surface area contributed by atoms with Crippen molar-refractivity contribution in [2.75, 3.05) is 0 Å². The molecule has 0 aliphatic heterocycles. The molecule has 96 valence electrons. The number of hydrogen-bond donors (Lipinski definition) is 1. The molecule has 1 heterocycles. The SMILES string of the molecule is CC(C)CCC(=O)N=S(N)(=O)c1cc(Cl)cs1. The van der Waals surface area contributed by atoms with Crippen LogP contribution in [0, 0.1) is 5.92 Å². The summed E-state index contributed by atoms with van der Waals surface area (Å²) in [5.74, 6) is -0.0186. The van der Waals surface area contributed by atoms with Crippen molar-refractivity contribution in [2.24, 2.45) is 15.4 Å². The number of nitrogens with zero attached hydrogens (tertiary/aromatic N) is 1. The molecule has 0 spiro atoms. The van der Waals surface area contributed by atoms with E-state index in [-0.39, 0.29) is 6.42 Å². The first-order valence-electron chi connectivity index (χ1n) is 5.13. The van der Waals surface area contributed by atoms with Crippen LogP contribution in [-0.4, -0.2) is 10.1 Å². The molecule has 1 atom stereocenters. The van der Waals surface area contributed by atoms with Gasteiger partial charge in [-0.25, -0.2) is 9.35 Å². The van der Waals surface area contributed by atoms with E-state index in [1.54, 1.807) is 5.38 Å². The fraction of sp³-hybridized carbons (Fsp3) is 0.500. The molecule has 4 nitrogen and oxygen atoms in total. The molecule has 2 N–H and O–H groups in total. The molecule has 0 saturated carbocycles. The van der Waals surface area contributed by atoms with Crippen LogP contribution in [0.1, 0.15) is 26.7 Å². The summed E-state index contributed by atoms with van der Waals surface area (Å²) in [4.78, 5) is 11.5. The highest BCUT2D eigenvalue weighted by atomic mass is 35.5. The maximum atomic E-state index is 12.0. The van der Waals surface area contributed by atoms with Gasteiger partial charge in [-0.15, -0.1) is 15.7 Å². The fourth-order valence-corrected chi connectivity index (χ4v) is 3.55. The second kappa shape index (κ2) is 5.95. The Labute approximate surface area is 110 Å². The number of carbonyl (C=O) groups excluding carboxylic acids is 1. The molecule has 7 heteroatoms. The van der Waals surface area contributed by atoms with Gasteiger partial charge in [0.25, 0.3) is 5.91 Å². The first kappa shape index (κ1) is 14.6. The van der Waals surface area contributed by atoms with Crippen molar-refractivity contribution >= 4 is 38.8 Å². The van der Waals surface area contributed by atoms with Gasteiger partial charge < -0.3 is 0 Å². The van der Waals surface area contributed by atoms with Gasteiger partial charge in [0.15, 0.2) is 9.92 Å². The lowest BCUT2D eigenvalue weighted by molar-refractivity contribution is -0.117. The zero-order valence-corrected chi connectivity index (χ0v) is 12.1. The summed E-state index contributed by atoms with van der Waals surface area (Å²) in [5.41, 5.74) is 0. The monoisotopic (exact) mass is 294 g/mol. The minimum absolute atomic E-state index is 0.269. The Bertz CT molecular complexity index is 516. The van der Waals surface area contributed by atoms with E-state index in [0.717, 1.165) is 11.3 Å². The molecule has 0 fully saturated rings. The van der Waals surface area contributed by atoms with Gasteiger partial charge in [-0.1, -0.05) is 25.4 Å². The molecule has 0 aromatic carbocycles. The zero-order valence-electron chi connectivity index (χ0n) is 9.68. The fourth-order valence-electron chi connectivity index (χ4n) is 1.10. The van der Waals surface area contributed by atoms with Crippen molar-refractivity contribution < 1.29 is 9.00 Å². The number of halogens is 1. The number of rotatable bonds is 4. The van der Waals surface area contributed by atoms with Gasteiger partial charge in [0.2, 0.25) is 0 Å². The minimum atomic E-state index is -3.13. The van der Waals surface area contributed by atoms with Crippen LogP contribution >= 0.6 is 22.9 Å². The van der Waals surface area contributed by atoms with Gasteiger partial charge in [-0.05, 0) is 18.4 Å². The molecule has 1 unspecified atom stereocenters. The standard InChI is InChI=1S/C10H15ClN2O2S2/c1-7(2)3-4-9(14)13-17(12,15)10-5-8(11)6-16-10/h5-7H,3-4H2,1-2H3,(H2,12,13,14,15). The van der Waals surface area contributed by atoms with Crippen LogP contribution in [0.3, 0.4) is 0 Å². The summed E-state index contributed by atoms with van der Waals surface area (Å²) in [6.07, 6.45) is 0.980. The highest BCUT2D eigenvalue weighted by molar-refractivity contribution is 7.93. The molecule has 0 saturated heterocycles. The molecule has 0 radical (unpaired) electrons. The third-order valence-electron chi connectivity index (χ3n) is 2.00. The van der Waals surface area contributed by atoms with E-state index in [4.69, 9.17) is 16.7 Å². The highest BCUT2D eigenvalue weighted by Crippen LogP contribution is 2.23. The van der Waals surface area contributed by atoms with Crippen molar-refractivity contribution in [1.29, 1.82) is 0 Å². The lowest BCUT2D eigenvalue weighted by atomic mass is 10.1. The Morgan fingerprint density at radius 1 is 1.65 bits per heavy atom. The Morgan fingerprint density at radius 3 is 2.76 bits per heavy atom. The lowest BCUT2D eigenvalue weighted by Crippen LogP contribution is -2.13. The van der Waals surface area contributed by atoms with Crippen LogP contribution in [0.2, 0.25) is 5.02 Å². The van der Waals surface area contributed by atoms with E-state index in [9.17, 15) is 9.00 Å². The van der Waals surface area contributed by atoms with E-state index in [1.165, 1.54) is 6.07 Å². The molecule has 1 rings (SSSR count). The second-order valence-corrected chi connectivity index (χ2v) is 7.44. The normalized spacial score (nSPS) is 14.6. The number of nitrogens with two attached hydrogens (primary N) is 1. The molecule has 0 bridgehead atoms. The average molecular weight is 295 g/mol. The van der Waals surface area contributed by atoms with E-state index in [0.29, 0.717) is 21.6 Å². The van der Waals surface area contributed by atoms with Gasteiger partial charge in [0.05, 0.1) is 5.02 Å². The molecule has 1 aromatic rings. The third-order valence-corrected chi connectivity index (χ3v) is 5.25. The Balaban J connectivity index is 2.83. The average Bonchev–Trinajstić information content (AvgIpc) is 2.62. The van der Waals surface area contributed by atoms with Crippen LogP contribution in [0.15, 0.2) is 20.0 Å². The summed E-state index contributed by atoms with van der Waals surface area (Å²) >= 11 is 6.85. The van der Waals surface area contributed by atoms with E-state index < -0.39 is 15.8 Å². The first-order valence-corrected chi connectivity index (χ1v) is 7.96. The van der Waals surface area contributed by atoms with Crippen molar-refractivity contribution in [2.45, 2.75) is 30.9 Å². The van der Waals surface area contributed by atoms with Crippen LogP contribution < -0.4 is 5.14 Å².